The van der Waals surface area contributed by atoms with Crippen molar-refractivity contribution in [2.75, 3.05) is 13.1 Å². The number of nitrogens with one attached hydrogen (secondary N) is 1. The Kier molecular flexibility index (Phi) is 3.62. The maximum Gasteiger partial charge on any atom is 0.169 e. The molecule has 62 valence electrons. The largest absolute Gasteiger partial charge is 0.453 e. The third kappa shape index (κ3) is 3.05. The zero-order chi connectivity index (χ0) is 8.10. The van der Waals surface area contributed by atoms with E-state index in [0.717, 1.165) is 23.5 Å². The van der Waals surface area contributed by atoms with E-state index in [4.69, 9.17) is 10.2 Å². The molecule has 0 spiro atoms. The van der Waals surface area contributed by atoms with Crippen LogP contribution in [0.4, 0.5) is 0 Å². The molecule has 11 heavy (non-hydrogen) atoms. The van der Waals surface area contributed by atoms with E-state index in [1.807, 2.05) is 12.1 Å². The molecule has 0 aliphatic heterocycles. The molecule has 1 aromatic heterocycles. The summed E-state index contributed by atoms with van der Waals surface area (Å²) in [4.78, 5) is 0. The molecule has 0 bridgehead atoms. The van der Waals surface area contributed by atoms with E-state index in [0.29, 0.717) is 6.54 Å². The molecule has 0 amide bonds. The number of rotatable bonds is 4. The summed E-state index contributed by atoms with van der Waals surface area (Å²) in [5.74, 6) is 0.922. The van der Waals surface area contributed by atoms with Crippen LogP contribution < -0.4 is 11.1 Å². The van der Waals surface area contributed by atoms with Crippen LogP contribution in [0.1, 0.15) is 5.76 Å². The Hall–Kier alpha value is -0.320. The fraction of sp³-hybridized carbons (Fsp3) is 0.429. The van der Waals surface area contributed by atoms with Gasteiger partial charge in [-0.25, -0.2) is 0 Å². The highest BCUT2D eigenvalue weighted by Gasteiger charge is 1.96. The van der Waals surface area contributed by atoms with E-state index in [2.05, 4.69) is 21.2 Å². The summed E-state index contributed by atoms with van der Waals surface area (Å²) in [6.07, 6.45) is 0. The molecule has 0 fully saturated rings. The second-order valence-corrected chi connectivity index (χ2v) is 2.95. The lowest BCUT2D eigenvalue weighted by Crippen LogP contribution is -2.21. The van der Waals surface area contributed by atoms with Crippen LogP contribution in [0.25, 0.3) is 0 Å². The van der Waals surface area contributed by atoms with Crippen molar-refractivity contribution in [2.45, 2.75) is 6.54 Å². The molecule has 3 nitrogen and oxygen atoms in total. The molecular formula is C7H11BrN2O. The SMILES string of the molecule is NCCNCc1ccc(Br)o1. The van der Waals surface area contributed by atoms with Crippen LogP contribution in [0.5, 0.6) is 0 Å². The summed E-state index contributed by atoms with van der Waals surface area (Å²) >= 11 is 3.22. The maximum atomic E-state index is 5.30. The highest BCUT2D eigenvalue weighted by Crippen LogP contribution is 2.13. The van der Waals surface area contributed by atoms with Gasteiger partial charge in [-0.3, -0.25) is 0 Å². The third-order valence-corrected chi connectivity index (χ3v) is 1.68. The van der Waals surface area contributed by atoms with Crippen molar-refractivity contribution in [3.63, 3.8) is 0 Å². The van der Waals surface area contributed by atoms with Crippen LogP contribution in [0.2, 0.25) is 0 Å². The first-order valence-electron chi connectivity index (χ1n) is 3.48. The first kappa shape index (κ1) is 8.77. The normalized spacial score (nSPS) is 10.4. The van der Waals surface area contributed by atoms with Crippen LogP contribution in [0.3, 0.4) is 0 Å². The molecule has 0 saturated carbocycles. The highest BCUT2D eigenvalue weighted by atomic mass is 79.9. The van der Waals surface area contributed by atoms with E-state index in [-0.39, 0.29) is 0 Å². The van der Waals surface area contributed by atoms with Gasteiger partial charge < -0.3 is 15.5 Å². The van der Waals surface area contributed by atoms with Crippen molar-refractivity contribution in [3.05, 3.63) is 22.6 Å². The van der Waals surface area contributed by atoms with Gasteiger partial charge in [0.25, 0.3) is 0 Å². The second kappa shape index (κ2) is 4.54. The summed E-state index contributed by atoms with van der Waals surface area (Å²) in [5.41, 5.74) is 5.30. The van der Waals surface area contributed by atoms with Gasteiger partial charge >= 0.3 is 0 Å². The summed E-state index contributed by atoms with van der Waals surface area (Å²) in [6.45, 7) is 2.21. The van der Waals surface area contributed by atoms with Gasteiger partial charge in [-0.15, -0.1) is 0 Å². The molecule has 0 aliphatic carbocycles. The van der Waals surface area contributed by atoms with Gasteiger partial charge in [-0.1, -0.05) is 0 Å². The van der Waals surface area contributed by atoms with Gasteiger partial charge in [-0.05, 0) is 28.1 Å². The Morgan fingerprint density at radius 3 is 2.91 bits per heavy atom. The Bertz CT molecular complexity index is 212. The molecule has 1 aromatic rings. The van der Waals surface area contributed by atoms with Crippen molar-refractivity contribution < 1.29 is 4.42 Å². The highest BCUT2D eigenvalue weighted by molar-refractivity contribution is 9.10. The maximum absolute atomic E-state index is 5.30. The quantitative estimate of drug-likeness (QED) is 0.745. The number of halogens is 1. The Morgan fingerprint density at radius 2 is 2.36 bits per heavy atom. The Balaban J connectivity index is 2.27. The summed E-state index contributed by atoms with van der Waals surface area (Å²) < 4.78 is 6.01. The summed E-state index contributed by atoms with van der Waals surface area (Å²) in [6, 6.07) is 3.80. The zero-order valence-corrected chi connectivity index (χ0v) is 7.73. The second-order valence-electron chi connectivity index (χ2n) is 2.17. The Morgan fingerprint density at radius 1 is 1.55 bits per heavy atom. The average molecular weight is 219 g/mol. The van der Waals surface area contributed by atoms with Gasteiger partial charge in [0.15, 0.2) is 4.67 Å². The lowest BCUT2D eigenvalue weighted by molar-refractivity contribution is 0.467. The number of furan rings is 1. The van der Waals surface area contributed by atoms with E-state index in [1.54, 1.807) is 0 Å². The van der Waals surface area contributed by atoms with Crippen molar-refractivity contribution in [1.82, 2.24) is 5.32 Å². The molecular weight excluding hydrogens is 208 g/mol. The summed E-state index contributed by atoms with van der Waals surface area (Å²) in [5, 5.41) is 3.13. The molecule has 0 atom stereocenters. The van der Waals surface area contributed by atoms with Crippen LogP contribution in [-0.4, -0.2) is 13.1 Å². The van der Waals surface area contributed by atoms with Crippen LogP contribution in [-0.2, 0) is 6.54 Å². The minimum absolute atomic E-state index is 0.655. The third-order valence-electron chi connectivity index (χ3n) is 1.25. The molecule has 1 heterocycles. The zero-order valence-electron chi connectivity index (χ0n) is 6.14. The van der Waals surface area contributed by atoms with Crippen LogP contribution in [0, 0.1) is 0 Å². The molecule has 0 aromatic carbocycles. The van der Waals surface area contributed by atoms with Gasteiger partial charge in [0, 0.05) is 13.1 Å². The van der Waals surface area contributed by atoms with E-state index < -0.39 is 0 Å². The molecule has 0 unspecified atom stereocenters. The lowest BCUT2D eigenvalue weighted by atomic mass is 10.4. The van der Waals surface area contributed by atoms with Gasteiger partial charge in [-0.2, -0.15) is 0 Å². The number of hydrogen-bond donors (Lipinski definition) is 2. The molecule has 4 heteroatoms. The average Bonchev–Trinajstić information content (AvgIpc) is 2.37. The number of nitrogens with two attached hydrogens (primary N) is 1. The molecule has 0 aliphatic rings. The molecule has 0 radical (unpaired) electrons. The van der Waals surface area contributed by atoms with Gasteiger partial charge in [0.05, 0.1) is 6.54 Å². The van der Waals surface area contributed by atoms with Crippen LogP contribution in [0.15, 0.2) is 21.2 Å². The van der Waals surface area contributed by atoms with E-state index in [9.17, 15) is 0 Å². The molecule has 0 saturated heterocycles. The monoisotopic (exact) mass is 218 g/mol. The fourth-order valence-corrected chi connectivity index (χ4v) is 1.10. The van der Waals surface area contributed by atoms with E-state index >= 15 is 0 Å². The first-order valence-corrected chi connectivity index (χ1v) is 4.27. The number of hydrogen-bond acceptors (Lipinski definition) is 3. The molecule has 1 rings (SSSR count). The Labute approximate surface area is 74.1 Å². The predicted molar refractivity (Wildman–Crippen MR) is 47.2 cm³/mol. The smallest absolute Gasteiger partial charge is 0.169 e. The minimum Gasteiger partial charge on any atom is -0.453 e. The van der Waals surface area contributed by atoms with Gasteiger partial charge in [0.2, 0.25) is 0 Å². The predicted octanol–water partition coefficient (Wildman–Crippen LogP) is 1.09. The molecule has 3 N–H and O–H groups in total. The fourth-order valence-electron chi connectivity index (χ4n) is 0.760. The van der Waals surface area contributed by atoms with Gasteiger partial charge in [0.1, 0.15) is 5.76 Å². The first-order chi connectivity index (χ1) is 5.33. The minimum atomic E-state index is 0.655. The lowest BCUT2D eigenvalue weighted by Gasteiger charge is -1.97. The van der Waals surface area contributed by atoms with Crippen molar-refractivity contribution in [3.8, 4) is 0 Å². The summed E-state index contributed by atoms with van der Waals surface area (Å²) in [7, 11) is 0. The van der Waals surface area contributed by atoms with E-state index in [1.165, 1.54) is 0 Å². The standard InChI is InChI=1S/C7H11BrN2O/c8-7-2-1-6(11-7)5-10-4-3-9/h1-2,10H,3-5,9H2. The van der Waals surface area contributed by atoms with Crippen molar-refractivity contribution in [2.24, 2.45) is 5.73 Å². The van der Waals surface area contributed by atoms with Crippen molar-refractivity contribution >= 4 is 15.9 Å². The van der Waals surface area contributed by atoms with Crippen molar-refractivity contribution in [1.29, 1.82) is 0 Å². The van der Waals surface area contributed by atoms with Crippen LogP contribution >= 0.6 is 15.9 Å². The topological polar surface area (TPSA) is 51.2 Å².